The van der Waals surface area contributed by atoms with Crippen molar-refractivity contribution in [2.24, 2.45) is 0 Å². The van der Waals surface area contributed by atoms with Crippen LogP contribution in [0.2, 0.25) is 0 Å². The van der Waals surface area contributed by atoms with Crippen LogP contribution >= 0.6 is 15.9 Å². The molecule has 3 aromatic carbocycles. The predicted octanol–water partition coefficient (Wildman–Crippen LogP) is 5.27. The zero-order valence-electron chi connectivity index (χ0n) is 14.9. The largest absolute Gasteiger partial charge is 0.492 e. The van der Waals surface area contributed by atoms with Crippen molar-refractivity contribution in [1.82, 2.24) is 0 Å². The summed E-state index contributed by atoms with van der Waals surface area (Å²) in [7, 11) is 0. The van der Waals surface area contributed by atoms with Gasteiger partial charge < -0.3 is 9.64 Å². The van der Waals surface area contributed by atoms with Gasteiger partial charge in [-0.1, -0.05) is 64.5 Å². The smallest absolute Gasteiger partial charge is 0.262 e. The Morgan fingerprint density at radius 3 is 2.63 bits per heavy atom. The minimum absolute atomic E-state index is 0.0176. The molecule has 4 heteroatoms. The van der Waals surface area contributed by atoms with Crippen molar-refractivity contribution in [2.45, 2.75) is 12.8 Å². The number of benzene rings is 3. The van der Waals surface area contributed by atoms with Gasteiger partial charge in [0.25, 0.3) is 5.91 Å². The Morgan fingerprint density at radius 1 is 1.00 bits per heavy atom. The fourth-order valence-electron chi connectivity index (χ4n) is 3.41. The molecular weight excluding hydrogens is 402 g/mol. The maximum Gasteiger partial charge on any atom is 0.262 e. The van der Waals surface area contributed by atoms with E-state index in [-0.39, 0.29) is 5.91 Å². The standard InChI is InChI=1S/C23H20BrNO2/c24-19-10-11-22(27-15-13-17-6-2-1-3-7-17)20(16-19)23(26)25-14-12-18-8-4-5-9-21(18)25/h1-11,16H,12-15H2. The molecular formula is C23H20BrNO2. The number of amides is 1. The van der Waals surface area contributed by atoms with Gasteiger partial charge in [0.1, 0.15) is 5.75 Å². The average Bonchev–Trinajstić information content (AvgIpc) is 3.13. The van der Waals surface area contributed by atoms with Crippen LogP contribution in [0.3, 0.4) is 0 Å². The first-order valence-corrected chi connectivity index (χ1v) is 9.88. The highest BCUT2D eigenvalue weighted by atomic mass is 79.9. The van der Waals surface area contributed by atoms with Crippen LogP contribution in [0.5, 0.6) is 5.75 Å². The zero-order chi connectivity index (χ0) is 18.6. The lowest BCUT2D eigenvalue weighted by Gasteiger charge is -2.19. The molecule has 1 aliphatic heterocycles. The minimum atomic E-state index is -0.0176. The third-order valence-electron chi connectivity index (χ3n) is 4.80. The fourth-order valence-corrected chi connectivity index (χ4v) is 3.77. The zero-order valence-corrected chi connectivity index (χ0v) is 16.5. The van der Waals surface area contributed by atoms with Crippen LogP contribution in [-0.4, -0.2) is 19.1 Å². The van der Waals surface area contributed by atoms with E-state index in [4.69, 9.17) is 4.74 Å². The van der Waals surface area contributed by atoms with Crippen LogP contribution in [0.25, 0.3) is 0 Å². The number of hydrogen-bond donors (Lipinski definition) is 0. The van der Waals surface area contributed by atoms with Crippen LogP contribution in [-0.2, 0) is 12.8 Å². The van der Waals surface area contributed by atoms with Gasteiger partial charge in [0.2, 0.25) is 0 Å². The molecule has 0 aromatic heterocycles. The number of ether oxygens (including phenoxy) is 1. The van der Waals surface area contributed by atoms with E-state index in [1.807, 2.05) is 59.5 Å². The lowest BCUT2D eigenvalue weighted by Crippen LogP contribution is -2.29. The van der Waals surface area contributed by atoms with Crippen molar-refractivity contribution < 1.29 is 9.53 Å². The number of halogens is 1. The number of fused-ring (bicyclic) bond motifs is 1. The molecule has 0 radical (unpaired) electrons. The van der Waals surface area contributed by atoms with E-state index in [0.29, 0.717) is 24.5 Å². The minimum Gasteiger partial charge on any atom is -0.492 e. The second-order valence-corrected chi connectivity index (χ2v) is 7.48. The fraction of sp³-hybridized carbons (Fsp3) is 0.174. The summed E-state index contributed by atoms with van der Waals surface area (Å²) in [4.78, 5) is 15.1. The summed E-state index contributed by atoms with van der Waals surface area (Å²) in [5.41, 5.74) is 4.02. The Bertz CT molecular complexity index is 956. The highest BCUT2D eigenvalue weighted by Gasteiger charge is 2.27. The molecule has 4 rings (SSSR count). The lowest BCUT2D eigenvalue weighted by molar-refractivity contribution is 0.0985. The van der Waals surface area contributed by atoms with Gasteiger partial charge in [0.05, 0.1) is 12.2 Å². The van der Waals surface area contributed by atoms with Crippen molar-refractivity contribution in [3.63, 3.8) is 0 Å². The second-order valence-electron chi connectivity index (χ2n) is 6.56. The normalized spacial score (nSPS) is 12.7. The molecule has 27 heavy (non-hydrogen) atoms. The second kappa shape index (κ2) is 7.97. The van der Waals surface area contributed by atoms with Gasteiger partial charge in [-0.25, -0.2) is 0 Å². The maximum absolute atomic E-state index is 13.2. The van der Waals surface area contributed by atoms with Gasteiger partial charge in [-0.15, -0.1) is 0 Å². The third kappa shape index (κ3) is 3.91. The molecule has 136 valence electrons. The number of carbonyl (C=O) groups is 1. The van der Waals surface area contributed by atoms with Crippen molar-refractivity contribution in [3.05, 3.63) is 94.0 Å². The molecule has 1 aliphatic rings. The molecule has 1 amide bonds. The van der Waals surface area contributed by atoms with Crippen molar-refractivity contribution in [3.8, 4) is 5.75 Å². The topological polar surface area (TPSA) is 29.5 Å². The Labute approximate surface area is 167 Å². The predicted molar refractivity (Wildman–Crippen MR) is 112 cm³/mol. The van der Waals surface area contributed by atoms with Crippen molar-refractivity contribution in [2.75, 3.05) is 18.1 Å². The van der Waals surface area contributed by atoms with Crippen LogP contribution in [0.1, 0.15) is 21.5 Å². The summed E-state index contributed by atoms with van der Waals surface area (Å²) in [5, 5.41) is 0. The number of para-hydroxylation sites is 1. The molecule has 0 atom stereocenters. The van der Waals surface area contributed by atoms with E-state index in [9.17, 15) is 4.79 Å². The average molecular weight is 422 g/mol. The Morgan fingerprint density at radius 2 is 1.78 bits per heavy atom. The number of rotatable bonds is 5. The van der Waals surface area contributed by atoms with Crippen molar-refractivity contribution in [1.29, 1.82) is 0 Å². The number of hydrogen-bond acceptors (Lipinski definition) is 2. The van der Waals surface area contributed by atoms with Gasteiger partial charge in [-0.3, -0.25) is 4.79 Å². The number of anilines is 1. The molecule has 0 aliphatic carbocycles. The van der Waals surface area contributed by atoms with E-state index in [2.05, 4.69) is 34.1 Å². The first-order valence-electron chi connectivity index (χ1n) is 9.08. The lowest BCUT2D eigenvalue weighted by atomic mass is 10.1. The summed E-state index contributed by atoms with van der Waals surface area (Å²) in [6, 6.07) is 23.9. The SMILES string of the molecule is O=C(c1cc(Br)ccc1OCCc1ccccc1)N1CCc2ccccc21. The molecule has 0 spiro atoms. The molecule has 0 saturated carbocycles. The van der Waals surface area contributed by atoms with Gasteiger partial charge in [-0.05, 0) is 41.8 Å². The molecule has 0 bridgehead atoms. The highest BCUT2D eigenvalue weighted by Crippen LogP contribution is 2.32. The molecule has 1 heterocycles. The maximum atomic E-state index is 13.2. The monoisotopic (exact) mass is 421 g/mol. The van der Waals surface area contributed by atoms with Crippen LogP contribution in [0, 0.1) is 0 Å². The summed E-state index contributed by atoms with van der Waals surface area (Å²) >= 11 is 3.48. The molecule has 0 saturated heterocycles. The summed E-state index contributed by atoms with van der Waals surface area (Å²) in [6.07, 6.45) is 1.69. The van der Waals surface area contributed by atoms with E-state index in [1.165, 1.54) is 11.1 Å². The van der Waals surface area contributed by atoms with E-state index in [0.717, 1.165) is 23.0 Å². The number of carbonyl (C=O) groups excluding carboxylic acids is 1. The van der Waals surface area contributed by atoms with Gasteiger partial charge in [0.15, 0.2) is 0 Å². The van der Waals surface area contributed by atoms with E-state index >= 15 is 0 Å². The highest BCUT2D eigenvalue weighted by molar-refractivity contribution is 9.10. The van der Waals surface area contributed by atoms with Crippen LogP contribution in [0.4, 0.5) is 5.69 Å². The van der Waals surface area contributed by atoms with Gasteiger partial charge in [0, 0.05) is 23.1 Å². The Hall–Kier alpha value is -2.59. The molecule has 0 fully saturated rings. The van der Waals surface area contributed by atoms with Crippen molar-refractivity contribution >= 4 is 27.5 Å². The van der Waals surface area contributed by atoms with E-state index in [1.54, 1.807) is 0 Å². The molecule has 3 aromatic rings. The third-order valence-corrected chi connectivity index (χ3v) is 5.29. The molecule has 3 nitrogen and oxygen atoms in total. The number of nitrogens with zero attached hydrogens (tertiary/aromatic N) is 1. The molecule has 0 unspecified atom stereocenters. The summed E-state index contributed by atoms with van der Waals surface area (Å²) in [6.45, 7) is 1.23. The summed E-state index contributed by atoms with van der Waals surface area (Å²) in [5.74, 6) is 0.611. The quantitative estimate of drug-likeness (QED) is 0.561. The van der Waals surface area contributed by atoms with Gasteiger partial charge in [-0.2, -0.15) is 0 Å². The molecule has 0 N–H and O–H groups in total. The Kier molecular flexibility index (Phi) is 5.26. The summed E-state index contributed by atoms with van der Waals surface area (Å²) < 4.78 is 6.87. The Balaban J connectivity index is 1.54. The van der Waals surface area contributed by atoms with Gasteiger partial charge >= 0.3 is 0 Å². The first kappa shape index (κ1) is 17.8. The van der Waals surface area contributed by atoms with Crippen LogP contribution < -0.4 is 9.64 Å². The van der Waals surface area contributed by atoms with E-state index < -0.39 is 0 Å². The van der Waals surface area contributed by atoms with Crippen LogP contribution in [0.15, 0.2) is 77.3 Å². The first-order chi connectivity index (χ1) is 13.2.